The predicted octanol–water partition coefficient (Wildman–Crippen LogP) is -0.581. The van der Waals surface area contributed by atoms with Gasteiger partial charge in [-0.05, 0) is 12.8 Å². The molecule has 1 N–H and O–H groups in total. The number of hydrogen-bond donors (Lipinski definition) is 1. The molecule has 1 aliphatic heterocycles. The van der Waals surface area contributed by atoms with Crippen molar-refractivity contribution in [1.29, 1.82) is 0 Å². The Morgan fingerprint density at radius 3 is 2.43 bits per heavy atom. The van der Waals surface area contributed by atoms with E-state index in [2.05, 4.69) is 0 Å². The summed E-state index contributed by atoms with van der Waals surface area (Å²) in [6.07, 6.45) is 1.65. The number of nitrogens with zero attached hydrogens (tertiary/aromatic N) is 1. The Morgan fingerprint density at radius 1 is 1.43 bits per heavy atom. The van der Waals surface area contributed by atoms with Crippen LogP contribution in [0.5, 0.6) is 0 Å². The number of aliphatic hydroxyl groups excluding tert-OH is 1. The van der Waals surface area contributed by atoms with Crippen molar-refractivity contribution in [2.45, 2.75) is 18.9 Å². The van der Waals surface area contributed by atoms with E-state index in [1.807, 2.05) is 0 Å². The second-order valence-electron chi connectivity index (χ2n) is 3.37. The molecule has 1 saturated heterocycles. The molecule has 0 spiro atoms. The summed E-state index contributed by atoms with van der Waals surface area (Å²) in [5, 5.41) is 8.60. The lowest BCUT2D eigenvalue weighted by Gasteiger charge is -2.30. The zero-order valence-electron chi connectivity index (χ0n) is 8.35. The standard InChI is InChI=1S/C8H17NO4S/c1-13-8-2-4-9(5-3-8)14(11,12)7-6-10/h8,10H,2-7H2,1H3. The largest absolute Gasteiger partial charge is 0.395 e. The smallest absolute Gasteiger partial charge is 0.216 e. The molecule has 5 nitrogen and oxygen atoms in total. The van der Waals surface area contributed by atoms with Crippen LogP contribution < -0.4 is 0 Å². The van der Waals surface area contributed by atoms with E-state index >= 15 is 0 Å². The first-order chi connectivity index (χ1) is 6.60. The van der Waals surface area contributed by atoms with E-state index in [1.54, 1.807) is 7.11 Å². The van der Waals surface area contributed by atoms with Gasteiger partial charge in [0.1, 0.15) is 0 Å². The summed E-state index contributed by atoms with van der Waals surface area (Å²) >= 11 is 0. The topological polar surface area (TPSA) is 66.8 Å². The van der Waals surface area contributed by atoms with Crippen LogP contribution in [0.3, 0.4) is 0 Å². The van der Waals surface area contributed by atoms with Crippen LogP contribution in [0.1, 0.15) is 12.8 Å². The minimum atomic E-state index is -3.24. The van der Waals surface area contributed by atoms with E-state index in [1.165, 1.54) is 4.31 Å². The van der Waals surface area contributed by atoms with Gasteiger partial charge < -0.3 is 9.84 Å². The Morgan fingerprint density at radius 2 is 2.00 bits per heavy atom. The number of ether oxygens (including phenoxy) is 1. The number of sulfonamides is 1. The van der Waals surface area contributed by atoms with Crippen molar-refractivity contribution in [2.24, 2.45) is 0 Å². The molecule has 0 aromatic rings. The maximum absolute atomic E-state index is 11.5. The van der Waals surface area contributed by atoms with E-state index < -0.39 is 10.0 Å². The molecule has 0 atom stereocenters. The van der Waals surface area contributed by atoms with Crippen LogP contribution in [-0.4, -0.2) is 56.5 Å². The molecule has 6 heteroatoms. The zero-order valence-corrected chi connectivity index (χ0v) is 9.16. The molecule has 1 heterocycles. The highest BCUT2D eigenvalue weighted by Gasteiger charge is 2.27. The molecule has 0 amide bonds. The number of rotatable bonds is 4. The first-order valence-corrected chi connectivity index (χ1v) is 6.32. The van der Waals surface area contributed by atoms with Gasteiger partial charge in [0.05, 0.1) is 18.5 Å². The molecule has 1 rings (SSSR count). The molecule has 0 radical (unpaired) electrons. The summed E-state index contributed by atoms with van der Waals surface area (Å²) < 4.78 is 29.6. The third-order valence-electron chi connectivity index (χ3n) is 2.48. The van der Waals surface area contributed by atoms with E-state index in [-0.39, 0.29) is 18.5 Å². The van der Waals surface area contributed by atoms with Gasteiger partial charge in [0.2, 0.25) is 10.0 Å². The average Bonchev–Trinajstić information content (AvgIpc) is 2.18. The number of methoxy groups -OCH3 is 1. The summed E-state index contributed by atoms with van der Waals surface area (Å²) in [5.41, 5.74) is 0. The minimum Gasteiger partial charge on any atom is -0.395 e. The molecule has 0 aromatic heterocycles. The van der Waals surface area contributed by atoms with Gasteiger partial charge in [-0.1, -0.05) is 0 Å². The Balaban J connectivity index is 2.49. The van der Waals surface area contributed by atoms with E-state index in [4.69, 9.17) is 9.84 Å². The van der Waals surface area contributed by atoms with Gasteiger partial charge in [0.15, 0.2) is 0 Å². The van der Waals surface area contributed by atoms with Gasteiger partial charge in [-0.2, -0.15) is 0 Å². The van der Waals surface area contributed by atoms with Crippen molar-refractivity contribution in [2.75, 3.05) is 32.6 Å². The Bertz CT molecular complexity index is 257. The van der Waals surface area contributed by atoms with E-state index in [0.717, 1.165) is 12.8 Å². The van der Waals surface area contributed by atoms with Gasteiger partial charge in [-0.3, -0.25) is 0 Å². The normalized spacial score (nSPS) is 21.3. The molecule has 1 aliphatic rings. The lowest BCUT2D eigenvalue weighted by molar-refractivity contribution is 0.0604. The lowest BCUT2D eigenvalue weighted by atomic mass is 10.1. The number of hydrogen-bond acceptors (Lipinski definition) is 4. The fourth-order valence-electron chi connectivity index (χ4n) is 1.59. The van der Waals surface area contributed by atoms with Crippen LogP contribution >= 0.6 is 0 Å². The van der Waals surface area contributed by atoms with Crippen molar-refractivity contribution < 1.29 is 18.3 Å². The van der Waals surface area contributed by atoms with Crippen LogP contribution in [-0.2, 0) is 14.8 Å². The van der Waals surface area contributed by atoms with Crippen LogP contribution in [0.15, 0.2) is 0 Å². The highest BCUT2D eigenvalue weighted by molar-refractivity contribution is 7.89. The highest BCUT2D eigenvalue weighted by atomic mass is 32.2. The SMILES string of the molecule is COC1CCN(S(=O)(=O)CCO)CC1. The van der Waals surface area contributed by atoms with Crippen LogP contribution in [0.4, 0.5) is 0 Å². The minimum absolute atomic E-state index is 0.176. The van der Waals surface area contributed by atoms with Crippen molar-refractivity contribution >= 4 is 10.0 Å². The molecule has 0 aliphatic carbocycles. The fraction of sp³-hybridized carbons (Fsp3) is 1.00. The monoisotopic (exact) mass is 223 g/mol. The molecule has 1 fully saturated rings. The predicted molar refractivity (Wildman–Crippen MR) is 52.5 cm³/mol. The zero-order chi connectivity index (χ0) is 10.6. The van der Waals surface area contributed by atoms with Gasteiger partial charge in [0.25, 0.3) is 0 Å². The fourth-order valence-corrected chi connectivity index (χ4v) is 2.85. The first kappa shape index (κ1) is 11.9. The summed E-state index contributed by atoms with van der Waals surface area (Å²) in [6.45, 7) is 0.689. The summed E-state index contributed by atoms with van der Waals surface area (Å²) in [6, 6.07) is 0. The highest BCUT2D eigenvalue weighted by Crippen LogP contribution is 2.15. The second-order valence-corrected chi connectivity index (χ2v) is 5.46. The van der Waals surface area contributed by atoms with Crippen molar-refractivity contribution in [1.82, 2.24) is 4.31 Å². The van der Waals surface area contributed by atoms with Crippen LogP contribution in [0, 0.1) is 0 Å². The van der Waals surface area contributed by atoms with Gasteiger partial charge in [-0.25, -0.2) is 12.7 Å². The Hall–Kier alpha value is -0.170. The Kier molecular flexibility index (Phi) is 4.31. The van der Waals surface area contributed by atoms with Crippen molar-refractivity contribution in [3.05, 3.63) is 0 Å². The third-order valence-corrected chi connectivity index (χ3v) is 4.33. The molecule has 14 heavy (non-hydrogen) atoms. The number of piperidine rings is 1. The summed E-state index contributed by atoms with van der Waals surface area (Å²) in [4.78, 5) is 0. The molecular weight excluding hydrogens is 206 g/mol. The molecule has 0 unspecified atom stereocenters. The van der Waals surface area contributed by atoms with Crippen molar-refractivity contribution in [3.63, 3.8) is 0 Å². The first-order valence-electron chi connectivity index (χ1n) is 4.71. The molecule has 0 bridgehead atoms. The van der Waals surface area contributed by atoms with Crippen LogP contribution in [0.25, 0.3) is 0 Å². The maximum atomic E-state index is 11.5. The van der Waals surface area contributed by atoms with E-state index in [9.17, 15) is 8.42 Å². The molecule has 84 valence electrons. The average molecular weight is 223 g/mol. The van der Waals surface area contributed by atoms with Crippen molar-refractivity contribution in [3.8, 4) is 0 Å². The third kappa shape index (κ3) is 2.91. The molecular formula is C8H17NO4S. The van der Waals surface area contributed by atoms with Gasteiger partial charge >= 0.3 is 0 Å². The summed E-state index contributed by atoms with van der Waals surface area (Å²) in [5.74, 6) is -0.176. The van der Waals surface area contributed by atoms with Crippen LogP contribution in [0.2, 0.25) is 0 Å². The molecule has 0 saturated carbocycles. The van der Waals surface area contributed by atoms with Gasteiger partial charge in [-0.15, -0.1) is 0 Å². The van der Waals surface area contributed by atoms with Gasteiger partial charge in [0, 0.05) is 20.2 Å². The van der Waals surface area contributed by atoms with E-state index in [0.29, 0.717) is 13.1 Å². The second kappa shape index (κ2) is 5.06. The maximum Gasteiger partial charge on any atom is 0.216 e. The number of aliphatic hydroxyl groups is 1. The lowest BCUT2D eigenvalue weighted by Crippen LogP contribution is -2.42. The molecule has 0 aromatic carbocycles. The Labute approximate surface area is 84.7 Å². The quantitative estimate of drug-likeness (QED) is 0.692. The summed E-state index contributed by atoms with van der Waals surface area (Å²) in [7, 11) is -1.60.